The first kappa shape index (κ1) is 19.0. The van der Waals surface area contributed by atoms with E-state index in [1.54, 1.807) is 0 Å². The van der Waals surface area contributed by atoms with E-state index in [9.17, 15) is 9.59 Å². The molecule has 0 saturated heterocycles. The highest BCUT2D eigenvalue weighted by Gasteiger charge is 2.31. The highest BCUT2D eigenvalue weighted by atomic mass is 32.1. The third kappa shape index (κ3) is 3.41. The number of carbonyl (C=O) groups is 2. The second-order valence-electron chi connectivity index (χ2n) is 7.91. The summed E-state index contributed by atoms with van der Waals surface area (Å²) in [7, 11) is 1.40. The molecule has 2 aromatic rings. The minimum Gasteiger partial charge on any atom is -0.465 e. The first-order valence-electron chi connectivity index (χ1n) is 9.85. The van der Waals surface area contributed by atoms with Crippen molar-refractivity contribution in [3.63, 3.8) is 0 Å². The number of rotatable bonds is 4. The van der Waals surface area contributed by atoms with Gasteiger partial charge in [0.15, 0.2) is 0 Å². The highest BCUT2D eigenvalue weighted by Crippen LogP contribution is 2.40. The number of nitrogens with zero attached hydrogens (tertiary/aromatic N) is 1. The van der Waals surface area contributed by atoms with Crippen molar-refractivity contribution in [2.75, 3.05) is 23.9 Å². The maximum atomic E-state index is 12.9. The van der Waals surface area contributed by atoms with E-state index in [4.69, 9.17) is 4.74 Å². The third-order valence-corrected chi connectivity index (χ3v) is 6.99. The number of nitrogens with one attached hydrogen (secondary N) is 1. The standard InChI is InChI=1S/C22H26N2O3S/c1-13-8-9-16-18(10-13)28-21(20(16)22(26)27-3)23-19(25)12-24-14(2)11-15-6-4-5-7-17(15)24/h4-7,13-14H,8-12H2,1-3H3,(H,23,25). The van der Waals surface area contributed by atoms with Gasteiger partial charge in [0, 0.05) is 16.6 Å². The first-order chi connectivity index (χ1) is 13.5. The lowest BCUT2D eigenvalue weighted by Crippen LogP contribution is -2.37. The Morgan fingerprint density at radius 3 is 2.82 bits per heavy atom. The number of thiophene rings is 1. The van der Waals surface area contributed by atoms with Gasteiger partial charge in [0.05, 0.1) is 19.2 Å². The quantitative estimate of drug-likeness (QED) is 0.790. The predicted molar refractivity (Wildman–Crippen MR) is 112 cm³/mol. The van der Waals surface area contributed by atoms with Gasteiger partial charge in [0.1, 0.15) is 5.00 Å². The number of amides is 1. The lowest BCUT2D eigenvalue weighted by Gasteiger charge is -2.24. The zero-order chi connectivity index (χ0) is 19.8. The van der Waals surface area contributed by atoms with E-state index in [2.05, 4.69) is 36.2 Å². The fourth-order valence-corrected chi connectivity index (χ4v) is 5.76. The van der Waals surface area contributed by atoms with E-state index >= 15 is 0 Å². The number of hydrogen-bond donors (Lipinski definition) is 1. The molecule has 0 saturated carbocycles. The molecule has 1 aliphatic carbocycles. The number of methoxy groups -OCH3 is 1. The van der Waals surface area contributed by atoms with Crippen LogP contribution >= 0.6 is 11.3 Å². The summed E-state index contributed by atoms with van der Waals surface area (Å²) in [6, 6.07) is 8.51. The van der Waals surface area contributed by atoms with Crippen LogP contribution in [0.4, 0.5) is 10.7 Å². The van der Waals surface area contributed by atoms with Crippen LogP contribution in [0.15, 0.2) is 24.3 Å². The second kappa shape index (κ2) is 7.59. The van der Waals surface area contributed by atoms with Crippen LogP contribution in [0, 0.1) is 5.92 Å². The lowest BCUT2D eigenvalue weighted by molar-refractivity contribution is -0.115. The maximum absolute atomic E-state index is 12.9. The number of fused-ring (bicyclic) bond motifs is 2. The van der Waals surface area contributed by atoms with Crippen LogP contribution in [0.3, 0.4) is 0 Å². The molecular weight excluding hydrogens is 372 g/mol. The van der Waals surface area contributed by atoms with E-state index in [1.165, 1.54) is 28.9 Å². The average Bonchev–Trinajstić information content (AvgIpc) is 3.17. The summed E-state index contributed by atoms with van der Waals surface area (Å²) in [6.45, 7) is 4.64. The number of anilines is 2. The van der Waals surface area contributed by atoms with Gasteiger partial charge in [-0.05, 0) is 55.7 Å². The Morgan fingerprint density at radius 2 is 2.04 bits per heavy atom. The Bertz CT molecular complexity index is 921. The molecule has 6 heteroatoms. The molecule has 1 aliphatic heterocycles. The van der Waals surface area contributed by atoms with E-state index < -0.39 is 0 Å². The van der Waals surface area contributed by atoms with Crippen molar-refractivity contribution < 1.29 is 14.3 Å². The Hall–Kier alpha value is -2.34. The van der Waals surface area contributed by atoms with Gasteiger partial charge in [-0.15, -0.1) is 11.3 Å². The van der Waals surface area contributed by atoms with Crippen molar-refractivity contribution in [1.29, 1.82) is 0 Å². The molecule has 0 spiro atoms. The number of benzene rings is 1. The second-order valence-corrected chi connectivity index (χ2v) is 9.01. The van der Waals surface area contributed by atoms with Gasteiger partial charge in [0.25, 0.3) is 0 Å². The van der Waals surface area contributed by atoms with Crippen molar-refractivity contribution in [2.45, 2.75) is 45.6 Å². The molecule has 0 radical (unpaired) electrons. The molecule has 4 rings (SSSR count). The molecule has 0 bridgehead atoms. The van der Waals surface area contributed by atoms with Crippen LogP contribution in [0.1, 0.15) is 46.6 Å². The van der Waals surface area contributed by atoms with Gasteiger partial charge in [-0.3, -0.25) is 4.79 Å². The van der Waals surface area contributed by atoms with Crippen molar-refractivity contribution in [2.24, 2.45) is 5.92 Å². The molecule has 2 heterocycles. The molecule has 2 atom stereocenters. The topological polar surface area (TPSA) is 58.6 Å². The molecule has 28 heavy (non-hydrogen) atoms. The van der Waals surface area contributed by atoms with Crippen LogP contribution in [0.5, 0.6) is 0 Å². The largest absolute Gasteiger partial charge is 0.465 e. The summed E-state index contributed by atoms with van der Waals surface area (Å²) in [5.41, 5.74) is 4.01. The van der Waals surface area contributed by atoms with Crippen molar-refractivity contribution in [1.82, 2.24) is 0 Å². The van der Waals surface area contributed by atoms with Crippen LogP contribution in [-0.4, -0.2) is 31.6 Å². The maximum Gasteiger partial charge on any atom is 0.341 e. The summed E-state index contributed by atoms with van der Waals surface area (Å²) in [5.74, 6) is 0.143. The molecule has 2 aliphatic rings. The van der Waals surface area contributed by atoms with E-state index in [1.807, 2.05) is 12.1 Å². The van der Waals surface area contributed by atoms with Crippen molar-refractivity contribution >= 4 is 33.9 Å². The Morgan fingerprint density at radius 1 is 1.25 bits per heavy atom. The van der Waals surface area contributed by atoms with E-state index in [0.717, 1.165) is 36.9 Å². The zero-order valence-electron chi connectivity index (χ0n) is 16.6. The first-order valence-corrected chi connectivity index (χ1v) is 10.7. The van der Waals surface area contributed by atoms with Crippen LogP contribution in [0.25, 0.3) is 0 Å². The number of para-hydroxylation sites is 1. The monoisotopic (exact) mass is 398 g/mol. The van der Waals surface area contributed by atoms with Crippen molar-refractivity contribution in [3.05, 3.63) is 45.8 Å². The number of hydrogen-bond acceptors (Lipinski definition) is 5. The normalized spacial score (nSPS) is 20.5. The molecular formula is C22H26N2O3S. The molecule has 1 aromatic heterocycles. The van der Waals surface area contributed by atoms with Crippen LogP contribution in [0.2, 0.25) is 0 Å². The van der Waals surface area contributed by atoms with E-state index in [-0.39, 0.29) is 24.5 Å². The smallest absolute Gasteiger partial charge is 0.341 e. The van der Waals surface area contributed by atoms with Crippen LogP contribution in [-0.2, 0) is 28.8 Å². The summed E-state index contributed by atoms with van der Waals surface area (Å²) in [5, 5.41) is 3.65. The molecule has 1 N–H and O–H groups in total. The average molecular weight is 399 g/mol. The molecule has 1 aromatic carbocycles. The number of carbonyl (C=O) groups excluding carboxylic acids is 2. The number of ether oxygens (including phenoxy) is 1. The van der Waals surface area contributed by atoms with Gasteiger partial charge in [0.2, 0.25) is 5.91 Å². The Kier molecular flexibility index (Phi) is 5.15. The van der Waals surface area contributed by atoms with Gasteiger partial charge < -0.3 is 15.0 Å². The fraction of sp³-hybridized carbons (Fsp3) is 0.455. The van der Waals surface area contributed by atoms with Gasteiger partial charge >= 0.3 is 5.97 Å². The van der Waals surface area contributed by atoms with Gasteiger partial charge in [-0.1, -0.05) is 25.1 Å². The number of esters is 1. The van der Waals surface area contributed by atoms with Gasteiger partial charge in [-0.2, -0.15) is 0 Å². The molecule has 1 amide bonds. The lowest BCUT2D eigenvalue weighted by atomic mass is 9.88. The molecule has 148 valence electrons. The molecule has 0 fully saturated rings. The highest BCUT2D eigenvalue weighted by molar-refractivity contribution is 7.17. The van der Waals surface area contributed by atoms with Gasteiger partial charge in [-0.25, -0.2) is 4.79 Å². The molecule has 5 nitrogen and oxygen atoms in total. The third-order valence-electron chi connectivity index (χ3n) is 5.82. The summed E-state index contributed by atoms with van der Waals surface area (Å²) in [6.07, 6.45) is 3.82. The Labute approximate surface area is 169 Å². The predicted octanol–water partition coefficient (Wildman–Crippen LogP) is 4.05. The fourth-order valence-electron chi connectivity index (χ4n) is 4.35. The summed E-state index contributed by atoms with van der Waals surface area (Å²) < 4.78 is 5.01. The molecule has 2 unspecified atom stereocenters. The summed E-state index contributed by atoms with van der Waals surface area (Å²) >= 11 is 1.53. The van der Waals surface area contributed by atoms with Crippen molar-refractivity contribution in [3.8, 4) is 0 Å². The summed E-state index contributed by atoms with van der Waals surface area (Å²) in [4.78, 5) is 28.6. The Balaban J connectivity index is 1.56. The minimum absolute atomic E-state index is 0.0969. The minimum atomic E-state index is -0.359. The van der Waals surface area contributed by atoms with E-state index in [0.29, 0.717) is 16.5 Å². The SMILES string of the molecule is COC(=O)c1c(NC(=O)CN2c3ccccc3CC2C)sc2c1CCC(C)C2. The van der Waals surface area contributed by atoms with Crippen LogP contribution < -0.4 is 10.2 Å². The zero-order valence-corrected chi connectivity index (χ0v) is 17.4.